The Kier molecular flexibility index (Phi) is 1.62. The Hall–Kier alpha value is -0.570. The molecule has 0 bridgehead atoms. The van der Waals surface area contributed by atoms with Crippen LogP contribution in [0.4, 0.5) is 0 Å². The molecule has 13 heavy (non-hydrogen) atoms. The third-order valence-electron chi connectivity index (χ3n) is 3.72. The van der Waals surface area contributed by atoms with Crippen LogP contribution in [0.5, 0.6) is 0 Å². The van der Waals surface area contributed by atoms with Crippen LogP contribution in [-0.2, 0) is 9.53 Å². The number of fused-ring (bicyclic) bond motifs is 1. The van der Waals surface area contributed by atoms with Gasteiger partial charge < -0.3 is 9.64 Å². The van der Waals surface area contributed by atoms with Crippen LogP contribution in [0.2, 0.25) is 0 Å². The average Bonchev–Trinajstić information content (AvgIpc) is 2.28. The fraction of sp³-hybridized carbons (Fsp3) is 0.900. The summed E-state index contributed by atoms with van der Waals surface area (Å²) in [6.07, 6.45) is 3.90. The number of nitrogens with zero attached hydrogens (tertiary/aromatic N) is 1. The van der Waals surface area contributed by atoms with Gasteiger partial charge in [-0.3, -0.25) is 4.79 Å². The molecule has 0 aromatic heterocycles. The summed E-state index contributed by atoms with van der Waals surface area (Å²) < 4.78 is 5.04. The van der Waals surface area contributed by atoms with Crippen molar-refractivity contribution in [3.05, 3.63) is 0 Å². The Labute approximate surface area is 78.0 Å². The van der Waals surface area contributed by atoms with E-state index in [-0.39, 0.29) is 5.92 Å². The van der Waals surface area contributed by atoms with Crippen molar-refractivity contribution < 1.29 is 9.53 Å². The van der Waals surface area contributed by atoms with E-state index in [4.69, 9.17) is 4.74 Å². The number of hydrogen-bond acceptors (Lipinski definition) is 2. The SMILES string of the molecule is O=C(C1COC1)N1CC2CCCC21. The molecule has 2 unspecified atom stereocenters. The number of carbonyl (C=O) groups is 1. The van der Waals surface area contributed by atoms with Crippen molar-refractivity contribution in [2.75, 3.05) is 19.8 Å². The minimum Gasteiger partial charge on any atom is -0.380 e. The van der Waals surface area contributed by atoms with E-state index in [0.29, 0.717) is 25.2 Å². The molecule has 0 aromatic rings. The Bertz CT molecular complexity index is 237. The second-order valence-corrected chi connectivity index (χ2v) is 4.48. The summed E-state index contributed by atoms with van der Waals surface area (Å²) in [5, 5.41) is 0. The molecule has 2 atom stereocenters. The van der Waals surface area contributed by atoms with Gasteiger partial charge in [0.2, 0.25) is 5.91 Å². The number of hydrogen-bond donors (Lipinski definition) is 0. The van der Waals surface area contributed by atoms with Gasteiger partial charge in [-0.05, 0) is 18.8 Å². The lowest BCUT2D eigenvalue weighted by atomic mass is 9.89. The molecule has 72 valence electrons. The normalized spacial score (nSPS) is 38.0. The molecule has 3 heteroatoms. The summed E-state index contributed by atoms with van der Waals surface area (Å²) in [5.74, 6) is 1.39. The van der Waals surface area contributed by atoms with E-state index in [9.17, 15) is 4.79 Å². The molecular formula is C10H15NO2. The maximum atomic E-state index is 11.8. The molecule has 1 amide bonds. The summed E-state index contributed by atoms with van der Waals surface area (Å²) in [4.78, 5) is 13.9. The summed E-state index contributed by atoms with van der Waals surface area (Å²) in [5.41, 5.74) is 0. The van der Waals surface area contributed by atoms with Gasteiger partial charge in [-0.25, -0.2) is 0 Å². The molecule has 3 nitrogen and oxygen atoms in total. The van der Waals surface area contributed by atoms with E-state index < -0.39 is 0 Å². The molecule has 0 radical (unpaired) electrons. The third kappa shape index (κ3) is 1.03. The van der Waals surface area contributed by atoms with Crippen molar-refractivity contribution in [3.63, 3.8) is 0 Å². The average molecular weight is 181 g/mol. The second-order valence-electron chi connectivity index (χ2n) is 4.48. The van der Waals surface area contributed by atoms with Gasteiger partial charge >= 0.3 is 0 Å². The van der Waals surface area contributed by atoms with Crippen molar-refractivity contribution in [1.82, 2.24) is 4.90 Å². The Morgan fingerprint density at radius 2 is 2.15 bits per heavy atom. The molecule has 2 aliphatic heterocycles. The summed E-state index contributed by atoms with van der Waals surface area (Å²) in [6.45, 7) is 2.35. The first-order chi connectivity index (χ1) is 6.36. The second kappa shape index (κ2) is 2.71. The van der Waals surface area contributed by atoms with Crippen molar-refractivity contribution in [2.24, 2.45) is 11.8 Å². The summed E-state index contributed by atoms with van der Waals surface area (Å²) in [7, 11) is 0. The van der Waals surface area contributed by atoms with Gasteiger partial charge in [0, 0.05) is 12.6 Å². The maximum Gasteiger partial charge on any atom is 0.230 e. The predicted octanol–water partition coefficient (Wildman–Crippen LogP) is 0.644. The quantitative estimate of drug-likeness (QED) is 0.594. The first kappa shape index (κ1) is 7.80. The van der Waals surface area contributed by atoms with Crippen LogP contribution in [-0.4, -0.2) is 36.6 Å². The van der Waals surface area contributed by atoms with Crippen LogP contribution in [0.1, 0.15) is 19.3 Å². The van der Waals surface area contributed by atoms with E-state index >= 15 is 0 Å². The predicted molar refractivity (Wildman–Crippen MR) is 47.2 cm³/mol. The first-order valence-electron chi connectivity index (χ1n) is 5.24. The minimum atomic E-state index is 0.196. The molecule has 1 aliphatic carbocycles. The highest BCUT2D eigenvalue weighted by molar-refractivity contribution is 5.81. The first-order valence-corrected chi connectivity index (χ1v) is 5.24. The summed E-state index contributed by atoms with van der Waals surface area (Å²) in [6, 6.07) is 0.605. The van der Waals surface area contributed by atoms with Gasteiger partial charge in [0.05, 0.1) is 19.1 Å². The van der Waals surface area contributed by atoms with Gasteiger partial charge in [0.15, 0.2) is 0 Å². The molecular weight excluding hydrogens is 166 g/mol. The Balaban J connectivity index is 1.63. The van der Waals surface area contributed by atoms with Crippen molar-refractivity contribution in [3.8, 4) is 0 Å². The zero-order valence-electron chi connectivity index (χ0n) is 7.74. The fourth-order valence-electron chi connectivity index (χ4n) is 2.76. The maximum absolute atomic E-state index is 11.8. The van der Waals surface area contributed by atoms with Gasteiger partial charge in [-0.1, -0.05) is 6.42 Å². The van der Waals surface area contributed by atoms with Crippen molar-refractivity contribution in [2.45, 2.75) is 25.3 Å². The Morgan fingerprint density at radius 3 is 2.77 bits per heavy atom. The zero-order valence-corrected chi connectivity index (χ0v) is 7.74. The molecule has 0 spiro atoms. The van der Waals surface area contributed by atoms with Crippen molar-refractivity contribution >= 4 is 5.91 Å². The lowest BCUT2D eigenvalue weighted by Gasteiger charge is -2.47. The van der Waals surface area contributed by atoms with Crippen LogP contribution in [0.15, 0.2) is 0 Å². The topological polar surface area (TPSA) is 29.5 Å². The number of ether oxygens (including phenoxy) is 1. The van der Waals surface area contributed by atoms with Gasteiger partial charge in [0.25, 0.3) is 0 Å². The number of rotatable bonds is 1. The van der Waals surface area contributed by atoms with Gasteiger partial charge in [0.1, 0.15) is 0 Å². The molecule has 3 fully saturated rings. The highest BCUT2D eigenvalue weighted by Crippen LogP contribution is 2.39. The highest BCUT2D eigenvalue weighted by atomic mass is 16.5. The fourth-order valence-corrected chi connectivity index (χ4v) is 2.76. The Morgan fingerprint density at radius 1 is 1.31 bits per heavy atom. The van der Waals surface area contributed by atoms with Crippen LogP contribution in [0.3, 0.4) is 0 Å². The smallest absolute Gasteiger partial charge is 0.230 e. The molecule has 3 rings (SSSR count). The summed E-state index contributed by atoms with van der Waals surface area (Å²) >= 11 is 0. The lowest BCUT2D eigenvalue weighted by molar-refractivity contribution is -0.160. The van der Waals surface area contributed by atoms with E-state index in [1.165, 1.54) is 19.3 Å². The van der Waals surface area contributed by atoms with E-state index in [0.717, 1.165) is 12.5 Å². The number of amides is 1. The largest absolute Gasteiger partial charge is 0.380 e. The van der Waals surface area contributed by atoms with Crippen LogP contribution >= 0.6 is 0 Å². The van der Waals surface area contributed by atoms with E-state index in [2.05, 4.69) is 4.90 Å². The minimum absolute atomic E-state index is 0.196. The van der Waals surface area contributed by atoms with E-state index in [1.54, 1.807) is 0 Å². The lowest BCUT2D eigenvalue weighted by Crippen LogP contribution is -2.59. The number of carbonyl (C=O) groups excluding carboxylic acids is 1. The molecule has 0 aromatic carbocycles. The van der Waals surface area contributed by atoms with Gasteiger partial charge in [-0.2, -0.15) is 0 Å². The number of likely N-dealkylation sites (tertiary alicyclic amines) is 1. The highest BCUT2D eigenvalue weighted by Gasteiger charge is 2.46. The third-order valence-corrected chi connectivity index (χ3v) is 3.72. The monoisotopic (exact) mass is 181 g/mol. The van der Waals surface area contributed by atoms with Crippen LogP contribution in [0, 0.1) is 11.8 Å². The molecule has 2 heterocycles. The van der Waals surface area contributed by atoms with Crippen LogP contribution < -0.4 is 0 Å². The molecule has 1 saturated carbocycles. The molecule has 2 saturated heterocycles. The standard InChI is InChI=1S/C10H15NO2/c12-10(8-5-13-6-8)11-4-7-2-1-3-9(7)11/h7-9H,1-6H2. The molecule has 3 aliphatic rings. The van der Waals surface area contributed by atoms with Gasteiger partial charge in [-0.15, -0.1) is 0 Å². The van der Waals surface area contributed by atoms with E-state index in [1.807, 2.05) is 0 Å². The zero-order chi connectivity index (χ0) is 8.84. The van der Waals surface area contributed by atoms with Crippen molar-refractivity contribution in [1.29, 1.82) is 0 Å². The van der Waals surface area contributed by atoms with Crippen LogP contribution in [0.25, 0.3) is 0 Å². The molecule has 0 N–H and O–H groups in total.